The number of nitrogens with one attached hydrogen (secondary N) is 1. The summed E-state index contributed by atoms with van der Waals surface area (Å²) in [5.74, 6) is -0.616. The second-order valence-corrected chi connectivity index (χ2v) is 4.06. The number of hydrogen-bond donors (Lipinski definition) is 1. The summed E-state index contributed by atoms with van der Waals surface area (Å²) in [6.45, 7) is 3.02. The summed E-state index contributed by atoms with van der Waals surface area (Å²) in [5.41, 5.74) is 1.62. The minimum atomic E-state index is -0.445. The Hall–Kier alpha value is -1.63. The van der Waals surface area contributed by atoms with E-state index < -0.39 is 5.91 Å². The third-order valence-electron chi connectivity index (χ3n) is 2.61. The van der Waals surface area contributed by atoms with Crippen LogP contribution in [-0.4, -0.2) is 17.5 Å². The number of benzene rings is 1. The van der Waals surface area contributed by atoms with Crippen molar-refractivity contribution in [1.29, 1.82) is 0 Å². The van der Waals surface area contributed by atoms with E-state index in [0.717, 1.165) is 5.01 Å². The van der Waals surface area contributed by atoms with Crippen LogP contribution >= 0.6 is 0 Å². The molecule has 0 bridgehead atoms. The number of amides is 2. The molecule has 1 aliphatic heterocycles. The minimum Gasteiger partial charge on any atom is -0.877 e. The molecule has 1 aromatic rings. The van der Waals surface area contributed by atoms with E-state index in [9.17, 15) is 14.7 Å². The van der Waals surface area contributed by atoms with Gasteiger partial charge in [0.1, 0.15) is 0 Å². The molecule has 0 saturated carbocycles. The van der Waals surface area contributed by atoms with Crippen LogP contribution in [0.15, 0.2) is 41.2 Å². The predicted octanol–water partition coefficient (Wildman–Crippen LogP) is -2.38. The molecule has 6 nitrogen and oxygen atoms in total. The summed E-state index contributed by atoms with van der Waals surface area (Å²) >= 11 is 0. The topological polar surface area (TPSA) is 84.8 Å². The standard InChI is InChI=1S/C13H13N3O3.Na/c1-8-12(7-17)13(19)16(15-8)11-5-3-10(4-6-11)14-9(2)18;/h3-7,17H,1-2H3,(H,14,18);/q;+1/p-1/b12-7-;. The first-order valence-corrected chi connectivity index (χ1v) is 5.62. The van der Waals surface area contributed by atoms with Gasteiger partial charge in [-0.15, -0.1) is 6.26 Å². The summed E-state index contributed by atoms with van der Waals surface area (Å²) in [6.07, 6.45) is 0.507. The molecule has 0 unspecified atom stereocenters. The molecule has 1 heterocycles. The van der Waals surface area contributed by atoms with E-state index in [-0.39, 0.29) is 41.0 Å². The molecular weight excluding hydrogens is 269 g/mol. The van der Waals surface area contributed by atoms with Crippen LogP contribution in [0.1, 0.15) is 13.8 Å². The first kappa shape index (κ1) is 16.4. The number of carbonyl (C=O) groups excluding carboxylic acids is 2. The number of anilines is 2. The van der Waals surface area contributed by atoms with Crippen LogP contribution in [0.4, 0.5) is 11.4 Å². The monoisotopic (exact) mass is 281 g/mol. The van der Waals surface area contributed by atoms with Gasteiger partial charge in [0.25, 0.3) is 5.91 Å². The molecule has 0 aromatic heterocycles. The summed E-state index contributed by atoms with van der Waals surface area (Å²) in [7, 11) is 0. The molecule has 0 atom stereocenters. The van der Waals surface area contributed by atoms with E-state index in [1.165, 1.54) is 6.92 Å². The summed E-state index contributed by atoms with van der Waals surface area (Å²) in [6, 6.07) is 6.61. The van der Waals surface area contributed by atoms with E-state index >= 15 is 0 Å². The van der Waals surface area contributed by atoms with Crippen LogP contribution in [0.3, 0.4) is 0 Å². The minimum absolute atomic E-state index is 0. The molecule has 2 amide bonds. The Balaban J connectivity index is 0.00000200. The molecule has 0 radical (unpaired) electrons. The van der Waals surface area contributed by atoms with Crippen molar-refractivity contribution in [3.63, 3.8) is 0 Å². The van der Waals surface area contributed by atoms with Crippen LogP contribution < -0.4 is 45.0 Å². The summed E-state index contributed by atoms with van der Waals surface area (Å²) in [4.78, 5) is 22.8. The fourth-order valence-corrected chi connectivity index (χ4v) is 1.72. The molecule has 0 spiro atoms. The van der Waals surface area contributed by atoms with Crippen LogP contribution in [0, 0.1) is 0 Å². The predicted molar refractivity (Wildman–Crippen MR) is 69.4 cm³/mol. The molecule has 0 saturated heterocycles. The largest absolute Gasteiger partial charge is 1.00 e. The maximum atomic E-state index is 11.9. The molecular formula is C13H12N3NaO3. The van der Waals surface area contributed by atoms with E-state index in [2.05, 4.69) is 10.4 Å². The SMILES string of the molecule is CC(=O)Nc1ccc(N2N=C(C)/C(=C/[O-])C2=O)cc1.[Na+]. The van der Waals surface area contributed by atoms with Crippen LogP contribution in [0.2, 0.25) is 0 Å². The van der Waals surface area contributed by atoms with Crippen LogP contribution in [0.5, 0.6) is 0 Å². The van der Waals surface area contributed by atoms with E-state index in [0.29, 0.717) is 23.3 Å². The molecule has 0 aliphatic carbocycles. The fourth-order valence-electron chi connectivity index (χ4n) is 1.72. The Morgan fingerprint density at radius 3 is 2.40 bits per heavy atom. The van der Waals surface area contributed by atoms with Gasteiger partial charge >= 0.3 is 29.6 Å². The Labute approximate surface area is 138 Å². The Kier molecular flexibility index (Phi) is 5.50. The summed E-state index contributed by atoms with van der Waals surface area (Å²) in [5, 5.41) is 18.6. The number of carbonyl (C=O) groups is 2. The van der Waals surface area contributed by atoms with E-state index in [1.54, 1.807) is 31.2 Å². The third kappa shape index (κ3) is 3.27. The first-order valence-electron chi connectivity index (χ1n) is 5.62. The van der Waals surface area contributed by atoms with Crippen molar-refractivity contribution in [1.82, 2.24) is 0 Å². The van der Waals surface area contributed by atoms with Gasteiger partial charge in [-0.3, -0.25) is 9.59 Å². The normalized spacial score (nSPS) is 15.9. The van der Waals surface area contributed by atoms with Gasteiger partial charge in [-0.2, -0.15) is 10.1 Å². The fraction of sp³-hybridized carbons (Fsp3) is 0.154. The van der Waals surface area contributed by atoms with Crippen molar-refractivity contribution >= 4 is 28.9 Å². The van der Waals surface area contributed by atoms with E-state index in [4.69, 9.17) is 0 Å². The zero-order valence-corrected chi connectivity index (χ0v) is 13.5. The average Bonchev–Trinajstić information content (AvgIpc) is 2.64. The van der Waals surface area contributed by atoms with Gasteiger partial charge in [0.15, 0.2) is 0 Å². The molecule has 1 N–H and O–H groups in total. The van der Waals surface area contributed by atoms with Gasteiger partial charge < -0.3 is 10.4 Å². The Morgan fingerprint density at radius 1 is 1.35 bits per heavy atom. The van der Waals surface area contributed by atoms with Crippen molar-refractivity contribution in [2.24, 2.45) is 5.10 Å². The van der Waals surface area contributed by atoms with Crippen molar-refractivity contribution < 1.29 is 44.3 Å². The maximum Gasteiger partial charge on any atom is 1.00 e. The van der Waals surface area contributed by atoms with Crippen molar-refractivity contribution in [2.45, 2.75) is 13.8 Å². The number of hydrazone groups is 1. The van der Waals surface area contributed by atoms with Gasteiger partial charge in [-0.05, 0) is 31.2 Å². The third-order valence-corrected chi connectivity index (χ3v) is 2.61. The van der Waals surface area contributed by atoms with Crippen molar-refractivity contribution in [2.75, 3.05) is 10.3 Å². The molecule has 1 aromatic carbocycles. The Morgan fingerprint density at radius 2 is 1.95 bits per heavy atom. The molecule has 20 heavy (non-hydrogen) atoms. The number of nitrogens with zero attached hydrogens (tertiary/aromatic N) is 2. The zero-order chi connectivity index (χ0) is 14.0. The average molecular weight is 281 g/mol. The van der Waals surface area contributed by atoms with Crippen molar-refractivity contribution in [3.05, 3.63) is 36.1 Å². The van der Waals surface area contributed by atoms with Gasteiger partial charge in [-0.25, -0.2) is 0 Å². The summed E-state index contributed by atoms with van der Waals surface area (Å²) < 4.78 is 0. The second kappa shape index (κ2) is 6.69. The smallest absolute Gasteiger partial charge is 0.877 e. The van der Waals surface area contributed by atoms with Gasteiger partial charge in [0, 0.05) is 18.2 Å². The maximum absolute atomic E-state index is 11.9. The zero-order valence-electron chi connectivity index (χ0n) is 11.5. The molecule has 0 fully saturated rings. The molecule has 98 valence electrons. The first-order chi connectivity index (χ1) is 9.02. The van der Waals surface area contributed by atoms with Gasteiger partial charge in [0.05, 0.1) is 11.4 Å². The molecule has 7 heteroatoms. The van der Waals surface area contributed by atoms with E-state index in [1.807, 2.05) is 0 Å². The number of rotatable bonds is 2. The molecule has 1 aliphatic rings. The second-order valence-electron chi connectivity index (χ2n) is 4.06. The Bertz CT molecular complexity index is 593. The quantitative estimate of drug-likeness (QED) is 0.373. The van der Waals surface area contributed by atoms with Gasteiger partial charge in [0.2, 0.25) is 5.91 Å². The molecule has 2 rings (SSSR count). The van der Waals surface area contributed by atoms with Crippen LogP contribution in [-0.2, 0) is 9.59 Å². The van der Waals surface area contributed by atoms with Crippen LogP contribution in [0.25, 0.3) is 0 Å². The van der Waals surface area contributed by atoms with Gasteiger partial charge in [-0.1, -0.05) is 0 Å². The van der Waals surface area contributed by atoms with Crippen molar-refractivity contribution in [3.8, 4) is 0 Å². The number of hydrogen-bond acceptors (Lipinski definition) is 4.